The first-order valence-electron chi connectivity index (χ1n) is 16.3. The van der Waals surface area contributed by atoms with E-state index in [0.29, 0.717) is 31.4 Å². The van der Waals surface area contributed by atoms with Gasteiger partial charge in [0.1, 0.15) is 17.6 Å². The van der Waals surface area contributed by atoms with E-state index in [4.69, 9.17) is 9.47 Å². The lowest BCUT2D eigenvalue weighted by Gasteiger charge is -2.36. The summed E-state index contributed by atoms with van der Waals surface area (Å²) in [4.78, 5) is 39.5. The number of amides is 2. The van der Waals surface area contributed by atoms with Gasteiger partial charge in [-0.05, 0) is 120 Å². The summed E-state index contributed by atoms with van der Waals surface area (Å²) in [6.07, 6.45) is 10.8. The van der Waals surface area contributed by atoms with Gasteiger partial charge in [-0.1, -0.05) is 0 Å². The molecule has 6 fully saturated rings. The Morgan fingerprint density at radius 2 is 1.63 bits per heavy atom. The summed E-state index contributed by atoms with van der Waals surface area (Å²) >= 11 is 0. The van der Waals surface area contributed by atoms with Crippen LogP contribution in [0.5, 0.6) is 11.5 Å². The lowest BCUT2D eigenvalue weighted by atomic mass is 9.75. The maximum atomic E-state index is 13.9. The fourth-order valence-corrected chi connectivity index (χ4v) is 10.2. The molecule has 6 aliphatic carbocycles. The Morgan fingerprint density at radius 3 is 2.26 bits per heavy atom. The third-order valence-electron chi connectivity index (χ3n) is 12.5. The molecule has 43 heavy (non-hydrogen) atoms. The van der Waals surface area contributed by atoms with Crippen molar-refractivity contribution in [3.8, 4) is 17.6 Å². The van der Waals surface area contributed by atoms with Gasteiger partial charge in [-0.2, -0.15) is 5.26 Å². The SMILES string of the molecule is COc1cc(C#N)c(OC2CCC(C)(C(=O)O)CC2)cc1C(=O)N[C@@H]1[C@H]2CC[C@H](C2)[C@@H]1C(=O)NC12CC3CC[C@H](C1)C3C2. The molecule has 3 N–H and O–H groups in total. The standard InChI is InChI=1S/C34H43N3O6/c1-33(32(40)41)9-7-23(8-10-33)43-26-13-24(27(42-2)12-22(26)17-35)30(38)36-29-19-4-3-18(11-19)28(29)31(39)37-34-14-20-5-6-21(15-34)25(20)16-34/h12-13,18-21,23,25,28-29H,3-11,14-16H2,1-2H3,(H,36,38)(H,37,39)(H,40,41)/t18-,19+,20-,21?,23?,25?,28+,29-,33?,34?/m1/s1. The van der Waals surface area contributed by atoms with Crippen molar-refractivity contribution in [2.45, 2.75) is 102 Å². The van der Waals surface area contributed by atoms with E-state index in [1.807, 2.05) is 0 Å². The minimum atomic E-state index is -0.804. The number of carbonyl (C=O) groups excluding carboxylic acids is 2. The summed E-state index contributed by atoms with van der Waals surface area (Å²) in [6, 6.07) is 5.02. The molecule has 230 valence electrons. The zero-order valence-corrected chi connectivity index (χ0v) is 25.2. The number of hydrogen-bond donors (Lipinski definition) is 3. The smallest absolute Gasteiger partial charge is 0.309 e. The maximum absolute atomic E-state index is 13.9. The summed E-state index contributed by atoms with van der Waals surface area (Å²) in [5.74, 6) is 2.19. The van der Waals surface area contributed by atoms with Crippen LogP contribution in [0.25, 0.3) is 0 Å². The molecule has 1 aromatic carbocycles. The number of benzene rings is 1. The zero-order valence-electron chi connectivity index (χ0n) is 25.2. The second-order valence-electron chi connectivity index (χ2n) is 14.8. The highest BCUT2D eigenvalue weighted by Crippen LogP contribution is 2.62. The summed E-state index contributed by atoms with van der Waals surface area (Å²) in [6.45, 7) is 1.76. The zero-order chi connectivity index (χ0) is 30.1. The molecule has 4 bridgehead atoms. The van der Waals surface area contributed by atoms with Gasteiger partial charge in [-0.15, -0.1) is 0 Å². The lowest BCUT2D eigenvalue weighted by Crippen LogP contribution is -2.54. The Labute approximate surface area is 253 Å². The first kappa shape index (κ1) is 28.5. The second-order valence-corrected chi connectivity index (χ2v) is 14.8. The number of methoxy groups -OCH3 is 1. The van der Waals surface area contributed by atoms with Crippen LogP contribution in [0.4, 0.5) is 0 Å². The molecule has 0 heterocycles. The molecule has 0 saturated heterocycles. The number of aliphatic carboxylic acids is 1. The Morgan fingerprint density at radius 1 is 0.953 bits per heavy atom. The molecule has 0 aliphatic heterocycles. The lowest BCUT2D eigenvalue weighted by molar-refractivity contribution is -0.150. The third-order valence-corrected chi connectivity index (χ3v) is 12.5. The maximum Gasteiger partial charge on any atom is 0.309 e. The minimum Gasteiger partial charge on any atom is -0.496 e. The van der Waals surface area contributed by atoms with E-state index in [2.05, 4.69) is 16.7 Å². The molecule has 6 saturated carbocycles. The number of rotatable bonds is 8. The first-order valence-corrected chi connectivity index (χ1v) is 16.3. The van der Waals surface area contributed by atoms with Gasteiger partial charge in [0.25, 0.3) is 5.91 Å². The van der Waals surface area contributed by atoms with Gasteiger partial charge in [0.2, 0.25) is 5.91 Å². The van der Waals surface area contributed by atoms with E-state index in [9.17, 15) is 24.8 Å². The Hall–Kier alpha value is -3.28. The van der Waals surface area contributed by atoms with E-state index in [-0.39, 0.29) is 64.1 Å². The van der Waals surface area contributed by atoms with Crippen LogP contribution in [0.1, 0.15) is 99.9 Å². The monoisotopic (exact) mass is 589 g/mol. The normalized spacial score (nSPS) is 40.2. The number of carbonyl (C=O) groups is 3. The van der Waals surface area contributed by atoms with Crippen molar-refractivity contribution in [2.24, 2.45) is 40.9 Å². The number of carboxylic acids is 1. The van der Waals surface area contributed by atoms with E-state index in [1.54, 1.807) is 13.0 Å². The highest BCUT2D eigenvalue weighted by Gasteiger charge is 2.60. The largest absolute Gasteiger partial charge is 0.496 e. The van der Waals surface area contributed by atoms with Crippen LogP contribution < -0.4 is 20.1 Å². The van der Waals surface area contributed by atoms with Crippen LogP contribution in [0.15, 0.2) is 12.1 Å². The Bertz CT molecular complexity index is 1360. The molecule has 7 rings (SSSR count). The predicted octanol–water partition coefficient (Wildman–Crippen LogP) is 4.82. The van der Waals surface area contributed by atoms with Crippen molar-refractivity contribution in [2.75, 3.05) is 7.11 Å². The number of carboxylic acid groups (broad SMARTS) is 1. The van der Waals surface area contributed by atoms with Crippen molar-refractivity contribution >= 4 is 17.8 Å². The number of nitrogens with one attached hydrogen (secondary N) is 2. The molecule has 6 aliphatic rings. The van der Waals surface area contributed by atoms with E-state index < -0.39 is 11.4 Å². The topological polar surface area (TPSA) is 138 Å². The quantitative estimate of drug-likeness (QED) is 0.395. The average Bonchev–Trinajstić information content (AvgIpc) is 3.79. The summed E-state index contributed by atoms with van der Waals surface area (Å²) in [7, 11) is 1.47. The summed E-state index contributed by atoms with van der Waals surface area (Å²) in [5, 5.41) is 26.2. The average molecular weight is 590 g/mol. The van der Waals surface area contributed by atoms with Crippen molar-refractivity contribution in [1.29, 1.82) is 5.26 Å². The van der Waals surface area contributed by atoms with Gasteiger partial charge in [0.15, 0.2) is 0 Å². The van der Waals surface area contributed by atoms with Crippen molar-refractivity contribution in [1.82, 2.24) is 10.6 Å². The van der Waals surface area contributed by atoms with E-state index in [1.165, 1.54) is 26.0 Å². The molecule has 9 nitrogen and oxygen atoms in total. The van der Waals surface area contributed by atoms with Gasteiger partial charge in [0.05, 0.1) is 35.7 Å². The molecule has 2 amide bonds. The van der Waals surface area contributed by atoms with Crippen molar-refractivity contribution in [3.63, 3.8) is 0 Å². The van der Waals surface area contributed by atoms with Crippen LogP contribution >= 0.6 is 0 Å². The van der Waals surface area contributed by atoms with Crippen LogP contribution in [-0.4, -0.2) is 47.7 Å². The predicted molar refractivity (Wildman–Crippen MR) is 156 cm³/mol. The number of ether oxygens (including phenoxy) is 2. The molecule has 8 atom stereocenters. The molecule has 3 unspecified atom stereocenters. The van der Waals surface area contributed by atoms with Crippen molar-refractivity contribution in [3.05, 3.63) is 23.3 Å². The second kappa shape index (κ2) is 10.4. The Balaban J connectivity index is 1.08. The minimum absolute atomic E-state index is 0.0480. The molecule has 0 aromatic heterocycles. The van der Waals surface area contributed by atoms with Crippen LogP contribution in [-0.2, 0) is 9.59 Å². The van der Waals surface area contributed by atoms with Crippen molar-refractivity contribution < 1.29 is 29.0 Å². The van der Waals surface area contributed by atoms with E-state index in [0.717, 1.165) is 56.3 Å². The molecule has 0 radical (unpaired) electrons. The number of fused-ring (bicyclic) bond motifs is 3. The number of nitriles is 1. The van der Waals surface area contributed by atoms with Gasteiger partial charge < -0.3 is 25.2 Å². The molecular formula is C34H43N3O6. The number of hydrogen-bond acceptors (Lipinski definition) is 6. The van der Waals surface area contributed by atoms with Gasteiger partial charge in [0, 0.05) is 17.6 Å². The molecule has 0 spiro atoms. The number of nitrogens with zero attached hydrogens (tertiary/aromatic N) is 1. The fourth-order valence-electron chi connectivity index (χ4n) is 10.2. The van der Waals surface area contributed by atoms with Gasteiger partial charge in [-0.25, -0.2) is 0 Å². The molecule has 9 heteroatoms. The highest BCUT2D eigenvalue weighted by molar-refractivity contribution is 5.98. The summed E-state index contributed by atoms with van der Waals surface area (Å²) in [5.41, 5.74) is -0.290. The fraction of sp³-hybridized carbons (Fsp3) is 0.706. The Kier molecular flexibility index (Phi) is 6.90. The first-order chi connectivity index (χ1) is 20.6. The third kappa shape index (κ3) is 4.76. The van der Waals surface area contributed by atoms with Crippen LogP contribution in [0.3, 0.4) is 0 Å². The molecular weight excluding hydrogens is 546 g/mol. The molecule has 1 aromatic rings. The highest BCUT2D eigenvalue weighted by atomic mass is 16.5. The van der Waals surface area contributed by atoms with Gasteiger partial charge in [-0.3, -0.25) is 14.4 Å². The van der Waals surface area contributed by atoms with Crippen LogP contribution in [0.2, 0.25) is 0 Å². The van der Waals surface area contributed by atoms with Crippen LogP contribution in [0, 0.1) is 52.3 Å². The summed E-state index contributed by atoms with van der Waals surface area (Å²) < 4.78 is 11.8. The van der Waals surface area contributed by atoms with Gasteiger partial charge >= 0.3 is 5.97 Å². The van der Waals surface area contributed by atoms with E-state index >= 15 is 0 Å².